The molecule has 1 aliphatic rings. The number of nitrogens with zero attached hydrogens (tertiary/aromatic N) is 1. The fraction of sp³-hybridized carbons (Fsp3) is 0.882. The summed E-state index contributed by atoms with van der Waals surface area (Å²) in [7, 11) is 0. The Morgan fingerprint density at radius 1 is 1.26 bits per heavy atom. The van der Waals surface area contributed by atoms with Gasteiger partial charge in [0.15, 0.2) is 0 Å². The molecule has 1 rings (SSSR count). The summed E-state index contributed by atoms with van der Waals surface area (Å²) in [5.41, 5.74) is 1.66. The number of likely N-dealkylation sites (tertiary alicyclic amines) is 1. The summed E-state index contributed by atoms with van der Waals surface area (Å²) in [4.78, 5) is 2.71. The van der Waals surface area contributed by atoms with Crippen molar-refractivity contribution in [2.75, 3.05) is 19.6 Å². The van der Waals surface area contributed by atoms with Crippen molar-refractivity contribution in [1.82, 2.24) is 10.2 Å². The molecule has 2 nitrogen and oxygen atoms in total. The van der Waals surface area contributed by atoms with E-state index in [2.05, 4.69) is 44.5 Å². The van der Waals surface area contributed by atoms with Gasteiger partial charge < -0.3 is 5.32 Å². The molecule has 0 aromatic carbocycles. The maximum atomic E-state index is 4.24. The Hall–Kier alpha value is -0.340. The topological polar surface area (TPSA) is 15.3 Å². The first-order valence-electron chi connectivity index (χ1n) is 8.23. The van der Waals surface area contributed by atoms with Gasteiger partial charge in [-0.3, -0.25) is 4.90 Å². The second-order valence-corrected chi connectivity index (χ2v) is 6.22. The van der Waals surface area contributed by atoms with E-state index in [1.807, 2.05) is 0 Å². The fourth-order valence-electron chi connectivity index (χ4n) is 3.18. The third-order valence-corrected chi connectivity index (χ3v) is 4.93. The zero-order valence-corrected chi connectivity index (χ0v) is 13.6. The van der Waals surface area contributed by atoms with E-state index in [1.54, 1.807) is 0 Å². The maximum absolute atomic E-state index is 4.24. The molecule has 1 saturated heterocycles. The van der Waals surface area contributed by atoms with Crippen LogP contribution in [0.3, 0.4) is 0 Å². The van der Waals surface area contributed by atoms with Crippen LogP contribution in [0.2, 0.25) is 0 Å². The highest BCUT2D eigenvalue weighted by Gasteiger charge is 2.38. The fourth-order valence-corrected chi connectivity index (χ4v) is 3.18. The lowest BCUT2D eigenvalue weighted by Gasteiger charge is -2.45. The third-order valence-electron chi connectivity index (χ3n) is 4.93. The van der Waals surface area contributed by atoms with Crippen molar-refractivity contribution in [2.24, 2.45) is 0 Å². The van der Waals surface area contributed by atoms with Crippen LogP contribution in [0.4, 0.5) is 0 Å². The molecule has 2 atom stereocenters. The number of nitrogens with one attached hydrogen (secondary N) is 1. The number of rotatable bonds is 9. The minimum Gasteiger partial charge on any atom is -0.312 e. The molecule has 0 bridgehead atoms. The maximum Gasteiger partial charge on any atom is 0.0334 e. The van der Waals surface area contributed by atoms with E-state index in [4.69, 9.17) is 0 Å². The molecule has 0 radical (unpaired) electrons. The molecule has 1 N–H and O–H groups in total. The first-order valence-corrected chi connectivity index (χ1v) is 8.23. The van der Waals surface area contributed by atoms with Gasteiger partial charge >= 0.3 is 0 Å². The molecule has 0 aromatic rings. The van der Waals surface area contributed by atoms with Crippen LogP contribution in [-0.4, -0.2) is 36.1 Å². The van der Waals surface area contributed by atoms with Crippen LogP contribution >= 0.6 is 0 Å². The van der Waals surface area contributed by atoms with Gasteiger partial charge in [-0.2, -0.15) is 0 Å². The summed E-state index contributed by atoms with van der Waals surface area (Å²) in [6, 6.07) is 0.544. The minimum atomic E-state index is 0.282. The van der Waals surface area contributed by atoms with Gasteiger partial charge in [-0.15, -0.1) is 0 Å². The van der Waals surface area contributed by atoms with E-state index < -0.39 is 0 Å². The van der Waals surface area contributed by atoms with E-state index >= 15 is 0 Å². The van der Waals surface area contributed by atoms with E-state index in [0.717, 1.165) is 19.4 Å². The van der Waals surface area contributed by atoms with Gasteiger partial charge in [-0.05, 0) is 65.1 Å². The zero-order chi connectivity index (χ0) is 14.3. The van der Waals surface area contributed by atoms with Crippen LogP contribution in [0.25, 0.3) is 0 Å². The average Bonchev–Trinajstić information content (AvgIpc) is 2.96. The summed E-state index contributed by atoms with van der Waals surface area (Å²) in [5, 5.41) is 3.80. The third kappa shape index (κ3) is 4.32. The van der Waals surface area contributed by atoms with Crippen molar-refractivity contribution in [3.05, 3.63) is 12.2 Å². The van der Waals surface area contributed by atoms with Gasteiger partial charge in [0.2, 0.25) is 0 Å². The molecule has 19 heavy (non-hydrogen) atoms. The summed E-state index contributed by atoms with van der Waals surface area (Å²) in [6.07, 6.45) is 7.37. The number of hydrogen-bond acceptors (Lipinski definition) is 2. The Labute approximate surface area is 120 Å². The largest absolute Gasteiger partial charge is 0.312 e. The molecule has 0 saturated carbocycles. The molecule has 0 aromatic heterocycles. The quantitative estimate of drug-likeness (QED) is 0.635. The Morgan fingerprint density at radius 2 is 1.89 bits per heavy atom. The van der Waals surface area contributed by atoms with Gasteiger partial charge in [0.1, 0.15) is 0 Å². The van der Waals surface area contributed by atoms with E-state index in [9.17, 15) is 0 Å². The Balaban J connectivity index is 2.80. The van der Waals surface area contributed by atoms with E-state index in [1.165, 1.54) is 44.3 Å². The van der Waals surface area contributed by atoms with Gasteiger partial charge in [-0.1, -0.05) is 32.9 Å². The van der Waals surface area contributed by atoms with Crippen LogP contribution in [-0.2, 0) is 0 Å². The van der Waals surface area contributed by atoms with Gasteiger partial charge in [0.25, 0.3) is 0 Å². The molecule has 2 unspecified atom stereocenters. The van der Waals surface area contributed by atoms with Gasteiger partial charge in [-0.25, -0.2) is 0 Å². The van der Waals surface area contributed by atoms with Crippen LogP contribution in [0, 0.1) is 0 Å². The smallest absolute Gasteiger partial charge is 0.0334 e. The molecular weight excluding hydrogens is 232 g/mol. The molecule has 2 heteroatoms. The average molecular weight is 266 g/mol. The van der Waals surface area contributed by atoms with Crippen LogP contribution in [0.15, 0.2) is 12.2 Å². The lowest BCUT2D eigenvalue weighted by atomic mass is 9.83. The molecular formula is C17H34N2. The van der Waals surface area contributed by atoms with Crippen LogP contribution in [0.1, 0.15) is 66.2 Å². The SMILES string of the molecule is C=C(CC)CC(NCCC)C(C)(CC)N1CCCC1. The molecule has 1 fully saturated rings. The summed E-state index contributed by atoms with van der Waals surface area (Å²) < 4.78 is 0. The van der Waals surface area contributed by atoms with Crippen molar-refractivity contribution < 1.29 is 0 Å². The summed E-state index contributed by atoms with van der Waals surface area (Å²) >= 11 is 0. The highest BCUT2D eigenvalue weighted by Crippen LogP contribution is 2.31. The normalized spacial score (nSPS) is 21.3. The van der Waals surface area contributed by atoms with Crippen molar-refractivity contribution in [2.45, 2.75) is 77.8 Å². The summed E-state index contributed by atoms with van der Waals surface area (Å²) in [5.74, 6) is 0. The second-order valence-electron chi connectivity index (χ2n) is 6.22. The first-order chi connectivity index (χ1) is 9.08. The predicted octanol–water partition coefficient (Wildman–Crippen LogP) is 3.98. The molecule has 112 valence electrons. The van der Waals surface area contributed by atoms with Gasteiger partial charge in [0, 0.05) is 11.6 Å². The van der Waals surface area contributed by atoms with Crippen molar-refractivity contribution in [3.8, 4) is 0 Å². The molecule has 0 amide bonds. The Bertz CT molecular complexity index is 268. The Morgan fingerprint density at radius 3 is 2.37 bits per heavy atom. The molecule has 0 aliphatic carbocycles. The highest BCUT2D eigenvalue weighted by atomic mass is 15.2. The van der Waals surface area contributed by atoms with Crippen molar-refractivity contribution >= 4 is 0 Å². The highest BCUT2D eigenvalue weighted by molar-refractivity contribution is 5.06. The lowest BCUT2D eigenvalue weighted by Crippen LogP contribution is -2.58. The zero-order valence-electron chi connectivity index (χ0n) is 13.6. The van der Waals surface area contributed by atoms with Gasteiger partial charge in [0.05, 0.1) is 0 Å². The van der Waals surface area contributed by atoms with Crippen LogP contribution < -0.4 is 5.32 Å². The molecule has 0 spiro atoms. The second kappa shape index (κ2) is 8.06. The van der Waals surface area contributed by atoms with E-state index in [-0.39, 0.29) is 5.54 Å². The monoisotopic (exact) mass is 266 g/mol. The lowest BCUT2D eigenvalue weighted by molar-refractivity contribution is 0.0838. The summed E-state index contributed by atoms with van der Waals surface area (Å²) in [6.45, 7) is 17.2. The molecule has 1 heterocycles. The Kier molecular flexibility index (Phi) is 7.09. The standard InChI is InChI=1S/C17H34N2/c1-6-11-18-16(14-15(4)7-2)17(5,8-3)19-12-9-10-13-19/h16,18H,4,6-14H2,1-3,5H3. The van der Waals surface area contributed by atoms with E-state index in [0.29, 0.717) is 6.04 Å². The predicted molar refractivity (Wildman–Crippen MR) is 85.6 cm³/mol. The minimum absolute atomic E-state index is 0.282. The van der Waals surface area contributed by atoms with Crippen molar-refractivity contribution in [3.63, 3.8) is 0 Å². The first kappa shape index (κ1) is 16.7. The molecule has 1 aliphatic heterocycles. The van der Waals surface area contributed by atoms with Crippen LogP contribution in [0.5, 0.6) is 0 Å². The number of hydrogen-bond donors (Lipinski definition) is 1. The van der Waals surface area contributed by atoms with Crippen molar-refractivity contribution in [1.29, 1.82) is 0 Å².